The topological polar surface area (TPSA) is 56.5 Å². The highest BCUT2D eigenvalue weighted by Gasteiger charge is 2.76. The average molecular weight is 397 g/mol. The van der Waals surface area contributed by atoms with Gasteiger partial charge in [-0.05, 0) is 23.5 Å². The molecule has 0 N–H and O–H groups in total. The van der Waals surface area contributed by atoms with E-state index in [1.54, 1.807) is 6.26 Å². The molecule has 2 unspecified atom stereocenters. The van der Waals surface area contributed by atoms with Gasteiger partial charge in [-0.25, -0.2) is 0 Å². The Morgan fingerprint density at radius 1 is 1.32 bits per heavy atom. The number of esters is 1. The standard InChI is InChI=1S/C23H24O4S/c1-22(2)19(12-16-9-10-28-20(16)24)23(22,21(25)26-3)17-13-18(27-14-17)11-15-7-5-4-6-8-15/h4-8,12-14,19H,9-11H2,1-3H3. The number of allylic oxidation sites excluding steroid dienone is 1. The Hall–Kier alpha value is -2.27. The Kier molecular flexibility index (Phi) is 4.74. The highest BCUT2D eigenvalue weighted by Crippen LogP contribution is 2.71. The zero-order valence-corrected chi connectivity index (χ0v) is 17.2. The zero-order chi connectivity index (χ0) is 19.9. The number of hydrogen-bond donors (Lipinski definition) is 0. The van der Waals surface area contributed by atoms with Gasteiger partial charge in [-0.3, -0.25) is 9.59 Å². The Morgan fingerprint density at radius 3 is 2.71 bits per heavy atom. The molecule has 1 aliphatic heterocycles. The molecule has 1 aromatic carbocycles. The molecule has 1 aromatic heterocycles. The number of furan rings is 1. The maximum Gasteiger partial charge on any atom is 0.317 e. The molecule has 2 aliphatic rings. The maximum absolute atomic E-state index is 13.0. The van der Waals surface area contributed by atoms with Crippen LogP contribution in [0.2, 0.25) is 0 Å². The summed E-state index contributed by atoms with van der Waals surface area (Å²) in [6, 6.07) is 12.0. The molecule has 4 nitrogen and oxygen atoms in total. The Bertz CT molecular complexity index is 941. The lowest BCUT2D eigenvalue weighted by atomic mass is 9.89. The number of hydrogen-bond acceptors (Lipinski definition) is 5. The predicted molar refractivity (Wildman–Crippen MR) is 109 cm³/mol. The number of ether oxygens (including phenoxy) is 1. The average Bonchev–Trinajstić information content (AvgIpc) is 3.08. The van der Waals surface area contributed by atoms with Crippen LogP contribution in [0.3, 0.4) is 0 Å². The minimum atomic E-state index is -0.819. The van der Waals surface area contributed by atoms with E-state index in [1.165, 1.54) is 18.9 Å². The van der Waals surface area contributed by atoms with Gasteiger partial charge in [0.15, 0.2) is 0 Å². The van der Waals surface area contributed by atoms with Gasteiger partial charge in [-0.1, -0.05) is 62.0 Å². The lowest BCUT2D eigenvalue weighted by Gasteiger charge is -2.16. The molecular weight excluding hydrogens is 372 g/mol. The largest absolute Gasteiger partial charge is 0.469 e. The van der Waals surface area contributed by atoms with Gasteiger partial charge in [-0.2, -0.15) is 0 Å². The maximum atomic E-state index is 13.0. The van der Waals surface area contributed by atoms with Gasteiger partial charge in [-0.15, -0.1) is 0 Å². The fourth-order valence-electron chi connectivity index (χ4n) is 4.64. The lowest BCUT2D eigenvalue weighted by molar-refractivity contribution is -0.145. The first kappa shape index (κ1) is 19.1. The summed E-state index contributed by atoms with van der Waals surface area (Å²) in [6.07, 6.45) is 5.11. The smallest absolute Gasteiger partial charge is 0.317 e. The number of rotatable bonds is 5. The van der Waals surface area contributed by atoms with Crippen molar-refractivity contribution >= 4 is 22.8 Å². The number of methoxy groups -OCH3 is 1. The predicted octanol–water partition coefficient (Wildman–Crippen LogP) is 4.53. The van der Waals surface area contributed by atoms with Gasteiger partial charge in [0.1, 0.15) is 11.2 Å². The van der Waals surface area contributed by atoms with Gasteiger partial charge < -0.3 is 9.15 Å². The molecular formula is C23H24O4S. The van der Waals surface area contributed by atoms with Crippen LogP contribution in [0.1, 0.15) is 37.2 Å². The molecule has 0 spiro atoms. The van der Waals surface area contributed by atoms with E-state index in [2.05, 4.69) is 26.0 Å². The normalized spacial score (nSPS) is 27.2. The van der Waals surface area contributed by atoms with Gasteiger partial charge >= 0.3 is 5.97 Å². The Balaban J connectivity index is 1.69. The Morgan fingerprint density at radius 2 is 2.07 bits per heavy atom. The molecule has 4 rings (SSSR count). The minimum absolute atomic E-state index is 0.0905. The van der Waals surface area contributed by atoms with E-state index in [4.69, 9.17) is 9.15 Å². The minimum Gasteiger partial charge on any atom is -0.469 e. The number of carbonyl (C=O) groups is 2. The van der Waals surface area contributed by atoms with Gasteiger partial charge in [0.05, 0.1) is 13.4 Å². The van der Waals surface area contributed by atoms with Crippen molar-refractivity contribution in [1.82, 2.24) is 0 Å². The molecule has 2 fully saturated rings. The van der Waals surface area contributed by atoms with Crippen LogP contribution in [0.25, 0.3) is 0 Å². The molecule has 1 saturated heterocycles. The van der Waals surface area contributed by atoms with Crippen LogP contribution in [0.5, 0.6) is 0 Å². The summed E-state index contributed by atoms with van der Waals surface area (Å²) < 4.78 is 11.0. The van der Waals surface area contributed by atoms with Gasteiger partial charge in [0.2, 0.25) is 5.12 Å². The van der Waals surface area contributed by atoms with Crippen molar-refractivity contribution in [2.45, 2.75) is 32.1 Å². The van der Waals surface area contributed by atoms with Crippen LogP contribution in [0, 0.1) is 11.3 Å². The highest BCUT2D eigenvalue weighted by atomic mass is 32.2. The van der Waals surface area contributed by atoms with Crippen LogP contribution in [-0.4, -0.2) is 23.9 Å². The first-order valence-corrected chi connectivity index (χ1v) is 10.5. The van der Waals surface area contributed by atoms with Crippen molar-refractivity contribution in [3.8, 4) is 0 Å². The molecule has 2 heterocycles. The van der Waals surface area contributed by atoms with Crippen molar-refractivity contribution in [1.29, 1.82) is 0 Å². The van der Waals surface area contributed by atoms with Gasteiger partial charge in [0, 0.05) is 29.2 Å². The summed E-state index contributed by atoms with van der Waals surface area (Å²) in [5, 5.41) is 0.124. The summed E-state index contributed by atoms with van der Waals surface area (Å²) in [5.41, 5.74) is 1.63. The van der Waals surface area contributed by atoms with Crippen molar-refractivity contribution in [3.05, 3.63) is 71.2 Å². The molecule has 2 aromatic rings. The van der Waals surface area contributed by atoms with Crippen molar-refractivity contribution in [2.75, 3.05) is 12.9 Å². The second-order valence-corrected chi connectivity index (χ2v) is 9.11. The van der Waals surface area contributed by atoms with Crippen LogP contribution in [0.15, 0.2) is 58.7 Å². The first-order valence-electron chi connectivity index (χ1n) is 9.49. The van der Waals surface area contributed by atoms with E-state index in [9.17, 15) is 9.59 Å². The third-order valence-electron chi connectivity index (χ3n) is 6.25. The van der Waals surface area contributed by atoms with Crippen LogP contribution >= 0.6 is 11.8 Å². The van der Waals surface area contributed by atoms with E-state index < -0.39 is 5.41 Å². The number of thioether (sulfide) groups is 1. The second-order valence-electron chi connectivity index (χ2n) is 8.04. The molecule has 1 aliphatic carbocycles. The molecule has 0 bridgehead atoms. The van der Waals surface area contributed by atoms with E-state index >= 15 is 0 Å². The van der Waals surface area contributed by atoms with Crippen molar-refractivity contribution < 1.29 is 18.7 Å². The molecule has 2 atom stereocenters. The van der Waals surface area contributed by atoms with Crippen LogP contribution in [0.4, 0.5) is 0 Å². The summed E-state index contributed by atoms with van der Waals surface area (Å²) in [5.74, 6) is 1.26. The summed E-state index contributed by atoms with van der Waals surface area (Å²) >= 11 is 1.35. The number of benzene rings is 1. The van der Waals surface area contributed by atoms with E-state index in [0.29, 0.717) is 6.42 Å². The summed E-state index contributed by atoms with van der Waals surface area (Å²) in [7, 11) is 1.42. The number of carbonyl (C=O) groups excluding carboxylic acids is 2. The molecule has 146 valence electrons. The van der Waals surface area contributed by atoms with E-state index in [1.807, 2.05) is 30.3 Å². The summed E-state index contributed by atoms with van der Waals surface area (Å²) in [4.78, 5) is 25.1. The van der Waals surface area contributed by atoms with Crippen LogP contribution in [-0.2, 0) is 26.2 Å². The Labute approximate surface area is 169 Å². The third kappa shape index (κ3) is 2.84. The SMILES string of the molecule is COC(=O)C1(c2coc(Cc3ccccc3)c2)C(C=C2CCSC2=O)C1(C)C. The van der Waals surface area contributed by atoms with Crippen LogP contribution < -0.4 is 0 Å². The molecule has 28 heavy (non-hydrogen) atoms. The zero-order valence-electron chi connectivity index (χ0n) is 16.4. The highest BCUT2D eigenvalue weighted by molar-refractivity contribution is 8.14. The molecule has 0 amide bonds. The quantitative estimate of drug-likeness (QED) is 0.549. The third-order valence-corrected chi connectivity index (χ3v) is 7.18. The molecule has 5 heteroatoms. The fourth-order valence-corrected chi connectivity index (χ4v) is 5.50. The first-order chi connectivity index (χ1) is 13.4. The van der Waals surface area contributed by atoms with E-state index in [0.717, 1.165) is 34.6 Å². The molecule has 1 saturated carbocycles. The van der Waals surface area contributed by atoms with E-state index in [-0.39, 0.29) is 22.4 Å². The van der Waals surface area contributed by atoms with Crippen molar-refractivity contribution in [3.63, 3.8) is 0 Å². The fraction of sp³-hybridized carbons (Fsp3) is 0.391. The van der Waals surface area contributed by atoms with Crippen molar-refractivity contribution in [2.24, 2.45) is 11.3 Å². The summed E-state index contributed by atoms with van der Waals surface area (Å²) in [6.45, 7) is 4.12. The molecule has 0 radical (unpaired) electrons. The lowest BCUT2D eigenvalue weighted by Crippen LogP contribution is -2.27. The second kappa shape index (κ2) is 6.96. The monoisotopic (exact) mass is 396 g/mol. The van der Waals surface area contributed by atoms with Gasteiger partial charge in [0.25, 0.3) is 0 Å².